The highest BCUT2D eigenvalue weighted by molar-refractivity contribution is 6.00. The molecule has 4 nitrogen and oxygen atoms in total. The van der Waals surface area contributed by atoms with E-state index < -0.39 is 0 Å². The normalized spacial score (nSPS) is 12.8. The van der Waals surface area contributed by atoms with Gasteiger partial charge >= 0.3 is 5.97 Å². The Hall–Kier alpha value is -1.81. The lowest BCUT2D eigenvalue weighted by Gasteiger charge is -2.32. The number of esters is 1. The Morgan fingerprint density at radius 1 is 0.641 bits per heavy atom. The Kier molecular flexibility index (Phi) is 17.4. The van der Waals surface area contributed by atoms with Gasteiger partial charge in [0.25, 0.3) is 0 Å². The standard InChI is InChI=1S/C35H60O4/c1-8-9-10-11-12-13-14-15-16-17-18-19-20-21-22-23-28-38-33(36)32(35(5,6)7)31(34(2,3)4)29-24-26-30(39-37)27-25-29/h24-27,37H,8-23,28H2,1-7H3. The third-order valence-corrected chi connectivity index (χ3v) is 7.43. The van der Waals surface area contributed by atoms with Gasteiger partial charge in [0.15, 0.2) is 5.75 Å². The van der Waals surface area contributed by atoms with Crippen LogP contribution >= 0.6 is 0 Å². The van der Waals surface area contributed by atoms with Gasteiger partial charge in [0.05, 0.1) is 6.61 Å². The molecule has 1 aromatic rings. The summed E-state index contributed by atoms with van der Waals surface area (Å²) in [7, 11) is 0. The minimum Gasteiger partial charge on any atom is -0.462 e. The zero-order chi connectivity index (χ0) is 29.2. The van der Waals surface area contributed by atoms with Crippen LogP contribution in [0.2, 0.25) is 0 Å². The fraction of sp³-hybridized carbons (Fsp3) is 0.743. The molecule has 0 unspecified atom stereocenters. The summed E-state index contributed by atoms with van der Waals surface area (Å²) >= 11 is 0. The van der Waals surface area contributed by atoms with E-state index in [4.69, 9.17) is 9.99 Å². The monoisotopic (exact) mass is 544 g/mol. The molecule has 0 amide bonds. The van der Waals surface area contributed by atoms with E-state index in [0.29, 0.717) is 17.9 Å². The van der Waals surface area contributed by atoms with Crippen molar-refractivity contribution in [3.8, 4) is 5.75 Å². The third-order valence-electron chi connectivity index (χ3n) is 7.43. The molecule has 0 bridgehead atoms. The summed E-state index contributed by atoms with van der Waals surface area (Å²) in [6.07, 6.45) is 21.2. The number of unbranched alkanes of at least 4 members (excludes halogenated alkanes) is 15. The minimum absolute atomic E-state index is 0.226. The summed E-state index contributed by atoms with van der Waals surface area (Å²) in [6.45, 7) is 15.3. The van der Waals surface area contributed by atoms with E-state index in [-0.39, 0.29) is 16.8 Å². The summed E-state index contributed by atoms with van der Waals surface area (Å²) < 4.78 is 5.83. The zero-order valence-electron chi connectivity index (χ0n) is 26.5. The molecule has 1 N–H and O–H groups in total. The highest BCUT2D eigenvalue weighted by Crippen LogP contribution is 2.43. The van der Waals surface area contributed by atoms with Crippen LogP contribution in [-0.4, -0.2) is 17.8 Å². The number of hydrogen-bond donors (Lipinski definition) is 1. The van der Waals surface area contributed by atoms with Crippen molar-refractivity contribution in [2.45, 2.75) is 151 Å². The first-order valence-electron chi connectivity index (χ1n) is 15.9. The van der Waals surface area contributed by atoms with Crippen molar-refractivity contribution in [2.75, 3.05) is 6.61 Å². The first-order valence-corrected chi connectivity index (χ1v) is 15.9. The number of benzene rings is 1. The second-order valence-electron chi connectivity index (χ2n) is 13.3. The lowest BCUT2D eigenvalue weighted by molar-refractivity contribution is -0.140. The van der Waals surface area contributed by atoms with Gasteiger partial charge < -0.3 is 9.62 Å². The van der Waals surface area contributed by atoms with Crippen LogP contribution in [0.5, 0.6) is 5.75 Å². The van der Waals surface area contributed by atoms with E-state index in [0.717, 1.165) is 24.0 Å². The average molecular weight is 545 g/mol. The number of rotatable bonds is 20. The molecule has 0 atom stereocenters. The molecular formula is C35H60O4. The third kappa shape index (κ3) is 15.0. The lowest BCUT2D eigenvalue weighted by Crippen LogP contribution is -2.26. The first-order chi connectivity index (χ1) is 18.5. The maximum absolute atomic E-state index is 13.4. The number of carbonyl (C=O) groups is 1. The van der Waals surface area contributed by atoms with Gasteiger partial charge in [0.2, 0.25) is 0 Å². The van der Waals surface area contributed by atoms with Crippen molar-refractivity contribution >= 4 is 11.5 Å². The maximum atomic E-state index is 13.4. The van der Waals surface area contributed by atoms with Crippen molar-refractivity contribution in [1.82, 2.24) is 0 Å². The first kappa shape index (κ1) is 35.2. The summed E-state index contributed by atoms with van der Waals surface area (Å²) in [6, 6.07) is 7.20. The molecule has 0 aromatic heterocycles. The molecule has 0 aliphatic rings. The van der Waals surface area contributed by atoms with Gasteiger partial charge in [0, 0.05) is 5.57 Å². The average Bonchev–Trinajstić information content (AvgIpc) is 2.87. The van der Waals surface area contributed by atoms with E-state index in [1.165, 1.54) is 89.9 Å². The van der Waals surface area contributed by atoms with Gasteiger partial charge in [-0.15, -0.1) is 0 Å². The van der Waals surface area contributed by atoms with Crippen LogP contribution < -0.4 is 4.89 Å². The van der Waals surface area contributed by atoms with E-state index in [9.17, 15) is 4.79 Å². The van der Waals surface area contributed by atoms with Crippen LogP contribution in [0.4, 0.5) is 0 Å². The molecule has 0 saturated carbocycles. The second-order valence-corrected chi connectivity index (χ2v) is 13.3. The quantitative estimate of drug-likeness (QED) is 0.0583. The molecule has 0 spiro atoms. The van der Waals surface area contributed by atoms with Gasteiger partial charge in [0.1, 0.15) is 0 Å². The highest BCUT2D eigenvalue weighted by atomic mass is 17.1. The second kappa shape index (κ2) is 19.3. The largest absolute Gasteiger partial charge is 0.462 e. The Morgan fingerprint density at radius 3 is 1.41 bits per heavy atom. The van der Waals surface area contributed by atoms with Gasteiger partial charge in [-0.05, 0) is 40.5 Å². The van der Waals surface area contributed by atoms with Crippen molar-refractivity contribution in [2.24, 2.45) is 10.8 Å². The van der Waals surface area contributed by atoms with Gasteiger partial charge in [-0.2, -0.15) is 0 Å². The minimum atomic E-state index is -0.375. The van der Waals surface area contributed by atoms with Gasteiger partial charge in [-0.3, -0.25) is 0 Å². The molecule has 0 saturated heterocycles. The molecule has 1 rings (SSSR count). The van der Waals surface area contributed by atoms with Crippen LogP contribution in [0.3, 0.4) is 0 Å². The number of allylic oxidation sites excluding steroid dienone is 1. The number of ether oxygens (including phenoxy) is 1. The molecule has 0 radical (unpaired) electrons. The Bertz CT molecular complexity index is 809. The van der Waals surface area contributed by atoms with Crippen molar-refractivity contribution in [1.29, 1.82) is 0 Å². The highest BCUT2D eigenvalue weighted by Gasteiger charge is 2.34. The van der Waals surface area contributed by atoms with Crippen LogP contribution in [0.15, 0.2) is 29.8 Å². The summed E-state index contributed by atoms with van der Waals surface area (Å²) in [4.78, 5) is 17.7. The molecule has 0 heterocycles. The van der Waals surface area contributed by atoms with Gasteiger partial charge in [-0.25, -0.2) is 10.1 Å². The summed E-state index contributed by atoms with van der Waals surface area (Å²) in [5, 5.41) is 8.94. The predicted octanol–water partition coefficient (Wildman–Crippen LogP) is 11.2. The van der Waals surface area contributed by atoms with Crippen molar-refractivity contribution in [3.05, 3.63) is 35.4 Å². The van der Waals surface area contributed by atoms with E-state index in [1.807, 2.05) is 12.1 Å². The summed E-state index contributed by atoms with van der Waals surface area (Å²) in [5.41, 5.74) is 1.98. The lowest BCUT2D eigenvalue weighted by atomic mass is 9.72. The van der Waals surface area contributed by atoms with E-state index in [1.54, 1.807) is 12.1 Å². The molecule has 0 aliphatic heterocycles. The molecular weight excluding hydrogens is 484 g/mol. The Balaban J connectivity index is 2.39. The van der Waals surface area contributed by atoms with E-state index in [2.05, 4.69) is 53.4 Å². The van der Waals surface area contributed by atoms with Crippen LogP contribution in [0.25, 0.3) is 5.57 Å². The van der Waals surface area contributed by atoms with E-state index >= 15 is 0 Å². The predicted molar refractivity (Wildman–Crippen MR) is 166 cm³/mol. The Morgan fingerprint density at radius 2 is 1.05 bits per heavy atom. The SMILES string of the molecule is CCCCCCCCCCCCCCCCCCOC(=O)C(=C(c1ccc(OO)cc1)C(C)(C)C)C(C)(C)C. The Labute approximate surface area is 240 Å². The molecule has 224 valence electrons. The maximum Gasteiger partial charge on any atom is 0.334 e. The molecule has 0 fully saturated rings. The number of hydrogen-bond acceptors (Lipinski definition) is 4. The summed E-state index contributed by atoms with van der Waals surface area (Å²) in [5.74, 6) is 0.145. The fourth-order valence-corrected chi connectivity index (χ4v) is 5.31. The van der Waals surface area contributed by atoms with Crippen molar-refractivity contribution < 1.29 is 19.7 Å². The number of carbonyl (C=O) groups excluding carboxylic acids is 1. The topological polar surface area (TPSA) is 55.8 Å². The van der Waals surface area contributed by atoms with Crippen molar-refractivity contribution in [3.63, 3.8) is 0 Å². The molecule has 39 heavy (non-hydrogen) atoms. The van der Waals surface area contributed by atoms with Crippen LogP contribution in [0.1, 0.15) is 157 Å². The fourth-order valence-electron chi connectivity index (χ4n) is 5.31. The zero-order valence-corrected chi connectivity index (χ0v) is 26.5. The molecule has 0 aliphatic carbocycles. The smallest absolute Gasteiger partial charge is 0.334 e. The van der Waals surface area contributed by atoms with Crippen LogP contribution in [-0.2, 0) is 9.53 Å². The molecule has 4 heteroatoms. The molecule has 1 aromatic carbocycles. The van der Waals surface area contributed by atoms with Crippen LogP contribution in [0, 0.1) is 10.8 Å². The van der Waals surface area contributed by atoms with Gasteiger partial charge in [-0.1, -0.05) is 157 Å².